The topological polar surface area (TPSA) is 32.5 Å². The lowest BCUT2D eigenvalue weighted by molar-refractivity contribution is 0.238. The van der Waals surface area contributed by atoms with Crippen LogP contribution in [0, 0.1) is 6.92 Å². The molecule has 3 heteroatoms. The second kappa shape index (κ2) is 8.98. The fraction of sp³-hybridized carbons (Fsp3) is 0.647. The maximum atomic E-state index is 5.99. The van der Waals surface area contributed by atoms with Crippen molar-refractivity contribution in [1.82, 2.24) is 9.80 Å². The standard InChI is InChI=1S/C17H31N3/c1-5-19(6-2)12-9-13-20(7-3)14-16-10-8-11-17(18)15(16)4/h8,10-11H,5-7,9,12-14,18H2,1-4H3. The molecule has 0 aliphatic heterocycles. The van der Waals surface area contributed by atoms with Gasteiger partial charge in [-0.05, 0) is 63.3 Å². The minimum Gasteiger partial charge on any atom is -0.399 e. The van der Waals surface area contributed by atoms with Gasteiger partial charge in [-0.1, -0.05) is 32.9 Å². The number of nitrogens with two attached hydrogens (primary N) is 1. The van der Waals surface area contributed by atoms with E-state index in [1.165, 1.54) is 24.1 Å². The van der Waals surface area contributed by atoms with Gasteiger partial charge >= 0.3 is 0 Å². The van der Waals surface area contributed by atoms with E-state index in [9.17, 15) is 0 Å². The van der Waals surface area contributed by atoms with Gasteiger partial charge in [0.15, 0.2) is 0 Å². The molecule has 0 aliphatic carbocycles. The van der Waals surface area contributed by atoms with E-state index < -0.39 is 0 Å². The van der Waals surface area contributed by atoms with Gasteiger partial charge in [0.05, 0.1) is 0 Å². The Hall–Kier alpha value is -1.06. The first-order chi connectivity index (χ1) is 9.62. The van der Waals surface area contributed by atoms with Gasteiger partial charge in [0.25, 0.3) is 0 Å². The zero-order valence-corrected chi connectivity index (χ0v) is 13.7. The zero-order chi connectivity index (χ0) is 15.0. The second-order valence-electron chi connectivity index (χ2n) is 5.38. The smallest absolute Gasteiger partial charge is 0.0346 e. The third-order valence-electron chi connectivity index (χ3n) is 4.17. The Balaban J connectivity index is 2.49. The fourth-order valence-electron chi connectivity index (χ4n) is 2.52. The van der Waals surface area contributed by atoms with Crippen molar-refractivity contribution in [2.75, 3.05) is 38.5 Å². The number of nitrogens with zero attached hydrogens (tertiary/aromatic N) is 2. The molecule has 114 valence electrons. The molecular formula is C17H31N3. The number of benzene rings is 1. The average Bonchev–Trinajstić information content (AvgIpc) is 2.46. The molecule has 0 saturated carbocycles. The van der Waals surface area contributed by atoms with Gasteiger partial charge in [-0.2, -0.15) is 0 Å². The number of rotatable bonds is 9. The molecule has 0 unspecified atom stereocenters. The van der Waals surface area contributed by atoms with Crippen molar-refractivity contribution in [3.05, 3.63) is 29.3 Å². The van der Waals surface area contributed by atoms with Crippen LogP contribution in [0.25, 0.3) is 0 Å². The first-order valence-corrected chi connectivity index (χ1v) is 7.90. The van der Waals surface area contributed by atoms with Crippen LogP contribution in [0.4, 0.5) is 5.69 Å². The van der Waals surface area contributed by atoms with Crippen LogP contribution in [0.1, 0.15) is 38.3 Å². The summed E-state index contributed by atoms with van der Waals surface area (Å²) in [6, 6.07) is 6.23. The second-order valence-corrected chi connectivity index (χ2v) is 5.38. The highest BCUT2D eigenvalue weighted by Gasteiger charge is 2.08. The number of anilines is 1. The monoisotopic (exact) mass is 277 g/mol. The summed E-state index contributed by atoms with van der Waals surface area (Å²) in [4.78, 5) is 4.99. The molecule has 1 aromatic rings. The van der Waals surface area contributed by atoms with E-state index in [4.69, 9.17) is 5.73 Å². The van der Waals surface area contributed by atoms with E-state index >= 15 is 0 Å². The van der Waals surface area contributed by atoms with Crippen molar-refractivity contribution < 1.29 is 0 Å². The zero-order valence-electron chi connectivity index (χ0n) is 13.7. The Kier molecular flexibility index (Phi) is 7.63. The molecule has 3 nitrogen and oxygen atoms in total. The molecule has 0 heterocycles. The minimum atomic E-state index is 0.904. The summed E-state index contributed by atoms with van der Waals surface area (Å²) in [5.74, 6) is 0. The molecule has 0 aromatic heterocycles. The lowest BCUT2D eigenvalue weighted by Crippen LogP contribution is -2.30. The van der Waals surface area contributed by atoms with Gasteiger partial charge in [0, 0.05) is 12.2 Å². The fourth-order valence-corrected chi connectivity index (χ4v) is 2.52. The Morgan fingerprint density at radius 2 is 1.55 bits per heavy atom. The summed E-state index contributed by atoms with van der Waals surface area (Å²) >= 11 is 0. The third-order valence-corrected chi connectivity index (χ3v) is 4.17. The summed E-state index contributed by atoms with van der Waals surface area (Å²) in [5, 5.41) is 0. The van der Waals surface area contributed by atoms with Crippen LogP contribution < -0.4 is 5.73 Å². The lowest BCUT2D eigenvalue weighted by atomic mass is 10.1. The summed E-state index contributed by atoms with van der Waals surface area (Å²) in [7, 11) is 0. The highest BCUT2D eigenvalue weighted by atomic mass is 15.1. The van der Waals surface area contributed by atoms with E-state index in [1.807, 2.05) is 6.07 Å². The lowest BCUT2D eigenvalue weighted by Gasteiger charge is -2.24. The molecule has 0 radical (unpaired) electrons. The first kappa shape index (κ1) is 17.0. The van der Waals surface area contributed by atoms with Crippen LogP contribution >= 0.6 is 0 Å². The molecular weight excluding hydrogens is 246 g/mol. The molecule has 0 atom stereocenters. The van der Waals surface area contributed by atoms with Crippen LogP contribution in [0.15, 0.2) is 18.2 Å². The van der Waals surface area contributed by atoms with Crippen LogP contribution in [0.5, 0.6) is 0 Å². The summed E-state index contributed by atoms with van der Waals surface area (Å²) in [5.41, 5.74) is 9.48. The highest BCUT2D eigenvalue weighted by molar-refractivity contribution is 5.49. The van der Waals surface area contributed by atoms with Gasteiger partial charge < -0.3 is 10.6 Å². The molecule has 0 bridgehead atoms. The van der Waals surface area contributed by atoms with Gasteiger partial charge in [-0.15, -0.1) is 0 Å². The van der Waals surface area contributed by atoms with Gasteiger partial charge in [-0.25, -0.2) is 0 Å². The van der Waals surface area contributed by atoms with Crippen LogP contribution in [0.2, 0.25) is 0 Å². The quantitative estimate of drug-likeness (QED) is 0.704. The van der Waals surface area contributed by atoms with E-state index in [1.54, 1.807) is 0 Å². The van der Waals surface area contributed by atoms with Crippen molar-refractivity contribution >= 4 is 5.69 Å². The Bertz CT molecular complexity index is 386. The average molecular weight is 277 g/mol. The van der Waals surface area contributed by atoms with Gasteiger partial charge in [-0.3, -0.25) is 4.90 Å². The summed E-state index contributed by atoms with van der Waals surface area (Å²) in [6.07, 6.45) is 1.23. The van der Waals surface area contributed by atoms with Crippen molar-refractivity contribution in [1.29, 1.82) is 0 Å². The molecule has 1 aromatic carbocycles. The molecule has 0 saturated heterocycles. The van der Waals surface area contributed by atoms with E-state index in [-0.39, 0.29) is 0 Å². The predicted molar refractivity (Wildman–Crippen MR) is 88.9 cm³/mol. The minimum absolute atomic E-state index is 0.904. The van der Waals surface area contributed by atoms with E-state index in [2.05, 4.69) is 49.6 Å². The van der Waals surface area contributed by atoms with Crippen molar-refractivity contribution in [2.24, 2.45) is 0 Å². The van der Waals surface area contributed by atoms with Crippen LogP contribution in [-0.2, 0) is 6.54 Å². The van der Waals surface area contributed by atoms with Crippen LogP contribution in [0.3, 0.4) is 0 Å². The molecule has 2 N–H and O–H groups in total. The summed E-state index contributed by atoms with van der Waals surface area (Å²) < 4.78 is 0. The number of hydrogen-bond acceptors (Lipinski definition) is 3. The SMILES string of the molecule is CCN(CC)CCCN(CC)Cc1cccc(N)c1C. The third kappa shape index (κ3) is 5.14. The normalized spacial score (nSPS) is 11.5. The van der Waals surface area contributed by atoms with Crippen molar-refractivity contribution in [3.63, 3.8) is 0 Å². The van der Waals surface area contributed by atoms with E-state index in [0.29, 0.717) is 0 Å². The molecule has 0 spiro atoms. The Morgan fingerprint density at radius 3 is 2.15 bits per heavy atom. The Labute approximate surface area is 124 Å². The Morgan fingerprint density at radius 1 is 0.950 bits per heavy atom. The predicted octanol–water partition coefficient (Wildman–Crippen LogP) is 3.13. The molecule has 0 fully saturated rings. The molecule has 20 heavy (non-hydrogen) atoms. The first-order valence-electron chi connectivity index (χ1n) is 7.90. The molecule has 1 rings (SSSR count). The molecule has 0 amide bonds. The van der Waals surface area contributed by atoms with Gasteiger partial charge in [0.1, 0.15) is 0 Å². The number of hydrogen-bond donors (Lipinski definition) is 1. The molecule has 0 aliphatic rings. The maximum absolute atomic E-state index is 5.99. The van der Waals surface area contributed by atoms with Gasteiger partial charge in [0.2, 0.25) is 0 Å². The highest BCUT2D eigenvalue weighted by Crippen LogP contribution is 2.17. The van der Waals surface area contributed by atoms with Crippen molar-refractivity contribution in [3.8, 4) is 0 Å². The maximum Gasteiger partial charge on any atom is 0.0346 e. The van der Waals surface area contributed by atoms with Crippen molar-refractivity contribution in [2.45, 2.75) is 40.7 Å². The van der Waals surface area contributed by atoms with Crippen LogP contribution in [-0.4, -0.2) is 42.5 Å². The number of nitrogen functional groups attached to an aromatic ring is 1. The largest absolute Gasteiger partial charge is 0.399 e. The summed E-state index contributed by atoms with van der Waals surface area (Å²) in [6.45, 7) is 15.6. The van der Waals surface area contributed by atoms with E-state index in [0.717, 1.165) is 38.4 Å².